The highest BCUT2D eigenvalue weighted by atomic mass is 16.6. The quantitative estimate of drug-likeness (QED) is 0.0440. The summed E-state index contributed by atoms with van der Waals surface area (Å²) in [5.74, 6) is -0.516. The average molecular weight is 952 g/mol. The number of ether oxygens (including phenoxy) is 3. The number of esters is 1. The first-order chi connectivity index (χ1) is 33.8. The van der Waals surface area contributed by atoms with E-state index in [0.717, 1.165) is 38.0 Å². The summed E-state index contributed by atoms with van der Waals surface area (Å²) in [5.41, 5.74) is 1.39. The summed E-state index contributed by atoms with van der Waals surface area (Å²) in [4.78, 5) is 57.2. The highest BCUT2D eigenvalue weighted by molar-refractivity contribution is 5.95. The minimum Gasteiger partial charge on any atom is -0.506 e. The number of nitrogens with one attached hydrogen (secondary N) is 4. The topological polar surface area (TPSA) is 212 Å². The molecule has 8 rings (SSSR count). The van der Waals surface area contributed by atoms with Crippen LogP contribution in [0.4, 0.5) is 0 Å². The monoisotopic (exact) mass is 951 g/mol. The Kier molecular flexibility index (Phi) is 15.9. The second-order valence-corrected chi connectivity index (χ2v) is 18.5. The molecule has 0 bridgehead atoms. The van der Waals surface area contributed by atoms with Gasteiger partial charge >= 0.3 is 5.97 Å². The maximum Gasteiger partial charge on any atom is 0.347 e. The normalized spacial score (nSPS) is 17.5. The molecule has 0 spiro atoms. The number of carbonyl (C=O) groups is 3. The average Bonchev–Trinajstić information content (AvgIpc) is 3.35. The minimum absolute atomic E-state index is 0.0870. The van der Waals surface area contributed by atoms with Gasteiger partial charge in [-0.3, -0.25) is 19.3 Å². The van der Waals surface area contributed by atoms with Crippen molar-refractivity contribution in [3.8, 4) is 17.2 Å². The smallest absolute Gasteiger partial charge is 0.347 e. The molecule has 2 aliphatic rings. The number of carbonyl (C=O) groups excluding carboxylic acids is 3. The van der Waals surface area contributed by atoms with Gasteiger partial charge in [-0.25, -0.2) is 4.79 Å². The van der Waals surface area contributed by atoms with Gasteiger partial charge in [-0.1, -0.05) is 84.9 Å². The zero-order chi connectivity index (χ0) is 49.2. The van der Waals surface area contributed by atoms with Crippen molar-refractivity contribution < 1.29 is 43.9 Å². The molecule has 1 aromatic heterocycles. The van der Waals surface area contributed by atoms with Gasteiger partial charge in [0.25, 0.3) is 11.8 Å². The number of amides is 2. The van der Waals surface area contributed by atoms with Crippen molar-refractivity contribution in [2.45, 2.75) is 82.5 Å². The molecule has 2 amide bonds. The lowest BCUT2D eigenvalue weighted by molar-refractivity contribution is -0.164. The Morgan fingerprint density at radius 2 is 1.54 bits per heavy atom. The number of nitrogens with zero attached hydrogens (tertiary/aromatic N) is 1. The first-order valence-corrected chi connectivity index (χ1v) is 23.9. The third-order valence-electron chi connectivity index (χ3n) is 13.0. The van der Waals surface area contributed by atoms with E-state index >= 15 is 0 Å². The van der Waals surface area contributed by atoms with E-state index in [9.17, 15) is 34.5 Å². The molecule has 7 N–H and O–H groups in total. The predicted octanol–water partition coefficient (Wildman–Crippen LogP) is 5.99. The van der Waals surface area contributed by atoms with Crippen molar-refractivity contribution in [2.24, 2.45) is 5.92 Å². The number of fused-ring (bicyclic) bond motifs is 1. The summed E-state index contributed by atoms with van der Waals surface area (Å²) < 4.78 is 17.8. The molecule has 1 saturated heterocycles. The van der Waals surface area contributed by atoms with Crippen molar-refractivity contribution in [3.63, 3.8) is 0 Å². The van der Waals surface area contributed by atoms with Crippen LogP contribution >= 0.6 is 0 Å². The predicted molar refractivity (Wildman–Crippen MR) is 264 cm³/mol. The van der Waals surface area contributed by atoms with Crippen LogP contribution in [0.15, 0.2) is 132 Å². The fourth-order valence-corrected chi connectivity index (χ4v) is 9.09. The van der Waals surface area contributed by atoms with Gasteiger partial charge in [0, 0.05) is 59.9 Å². The molecule has 15 nitrogen and oxygen atoms in total. The van der Waals surface area contributed by atoms with Gasteiger partial charge in [0.15, 0.2) is 6.61 Å². The van der Waals surface area contributed by atoms with Gasteiger partial charge in [0.1, 0.15) is 17.2 Å². The third-order valence-corrected chi connectivity index (χ3v) is 13.0. The standard InChI is InChI=1S/C55H61N5O10/c1-35(2)70-49-26-38(16-17-39(49)30-56-31-48(62)45-18-20-47(61)52-46(45)19-21-50(63)59-52)53(65)58-43-28-42(29-43)57-51(64)34-68-44-15-9-14-41(27-44)55(67,40-12-7-4-8-13-40)54(66)69-33-37-22-24-60(25-23-37)32-36-10-5-3-6-11-36/h3-21,26-27,35,37,42-43,48,56,61-62,67H,22-25,28-34H2,1-2H3,(H,57,64)(H,58,65)(H,59,63)/t42-,43-,48-,55?/m0/s1. The molecular weight excluding hydrogens is 891 g/mol. The van der Waals surface area contributed by atoms with E-state index in [1.165, 1.54) is 17.7 Å². The van der Waals surface area contributed by atoms with E-state index in [2.05, 4.69) is 38.0 Å². The SMILES string of the molecule is CC(C)Oc1cc(C(=O)N[C@H]2C[C@H](NC(=O)COc3cccc(C(O)(C(=O)OCC4CCN(Cc5ccccc5)CC4)c4ccccc4)c3)C2)ccc1CNC[C@H](O)c1ccc(O)c2[nH]c(=O)ccc12. The van der Waals surface area contributed by atoms with Crippen molar-refractivity contribution in [3.05, 3.63) is 171 Å². The van der Waals surface area contributed by atoms with Crippen LogP contribution in [0.2, 0.25) is 0 Å². The van der Waals surface area contributed by atoms with Gasteiger partial charge in [0.2, 0.25) is 11.2 Å². The van der Waals surface area contributed by atoms with E-state index in [4.69, 9.17) is 14.2 Å². The van der Waals surface area contributed by atoms with Crippen LogP contribution in [0, 0.1) is 5.92 Å². The fourth-order valence-electron chi connectivity index (χ4n) is 9.09. The van der Waals surface area contributed by atoms with E-state index < -0.39 is 17.7 Å². The summed E-state index contributed by atoms with van der Waals surface area (Å²) in [6, 6.07) is 36.4. The van der Waals surface area contributed by atoms with Crippen molar-refractivity contribution in [2.75, 3.05) is 32.8 Å². The summed E-state index contributed by atoms with van der Waals surface area (Å²) in [6.07, 6.45) is 1.68. The molecule has 6 aromatic rings. The van der Waals surface area contributed by atoms with E-state index in [1.807, 2.05) is 32.0 Å². The summed E-state index contributed by atoms with van der Waals surface area (Å²) in [5, 5.41) is 43.2. The van der Waals surface area contributed by atoms with Crippen LogP contribution in [-0.4, -0.2) is 94.0 Å². The Balaban J connectivity index is 0.796. The van der Waals surface area contributed by atoms with Crippen molar-refractivity contribution >= 4 is 28.7 Å². The molecule has 1 aliphatic heterocycles. The van der Waals surface area contributed by atoms with Crippen LogP contribution in [-0.2, 0) is 33.0 Å². The number of aliphatic hydroxyl groups excluding tert-OH is 1. The maximum atomic E-state index is 13.9. The molecule has 2 heterocycles. The molecule has 2 atom stereocenters. The zero-order valence-corrected chi connectivity index (χ0v) is 39.4. The van der Waals surface area contributed by atoms with E-state index in [0.29, 0.717) is 53.0 Å². The highest BCUT2D eigenvalue weighted by Crippen LogP contribution is 2.34. The number of aromatic hydroxyl groups is 1. The molecule has 1 unspecified atom stereocenters. The Hall–Kier alpha value is -7.04. The number of benzene rings is 5. The van der Waals surface area contributed by atoms with E-state index in [1.54, 1.807) is 84.9 Å². The summed E-state index contributed by atoms with van der Waals surface area (Å²) in [7, 11) is 0. The van der Waals surface area contributed by atoms with Gasteiger partial charge in [0.05, 0.1) is 24.3 Å². The van der Waals surface area contributed by atoms with Crippen LogP contribution < -0.4 is 31.0 Å². The number of hydrogen-bond acceptors (Lipinski definition) is 12. The molecule has 366 valence electrons. The molecule has 2 fully saturated rings. The largest absolute Gasteiger partial charge is 0.506 e. The molecular formula is C55H61N5O10. The lowest BCUT2D eigenvalue weighted by Gasteiger charge is -2.36. The van der Waals surface area contributed by atoms with Crippen molar-refractivity contribution in [1.82, 2.24) is 25.8 Å². The number of aromatic nitrogens is 1. The molecule has 0 radical (unpaired) electrons. The molecule has 15 heteroatoms. The van der Waals surface area contributed by atoms with Crippen LogP contribution in [0.1, 0.15) is 83.8 Å². The highest BCUT2D eigenvalue weighted by Gasteiger charge is 2.42. The van der Waals surface area contributed by atoms with Gasteiger partial charge in [-0.2, -0.15) is 0 Å². The number of rotatable bonds is 20. The molecule has 1 aliphatic carbocycles. The molecule has 1 saturated carbocycles. The maximum absolute atomic E-state index is 13.9. The lowest BCUT2D eigenvalue weighted by atomic mass is 9.86. The first-order valence-electron chi connectivity index (χ1n) is 23.9. The lowest BCUT2D eigenvalue weighted by Crippen LogP contribution is -2.54. The number of pyridine rings is 1. The van der Waals surface area contributed by atoms with Gasteiger partial charge in [-0.15, -0.1) is 0 Å². The number of phenolic OH excluding ortho intramolecular Hbond substituents is 1. The Morgan fingerprint density at radius 1 is 0.829 bits per heavy atom. The van der Waals surface area contributed by atoms with Crippen LogP contribution in [0.5, 0.6) is 17.2 Å². The number of hydrogen-bond donors (Lipinski definition) is 7. The fraction of sp³-hybridized carbons (Fsp3) is 0.345. The Morgan fingerprint density at radius 3 is 2.29 bits per heavy atom. The number of H-pyrrole nitrogens is 1. The van der Waals surface area contributed by atoms with Crippen LogP contribution in [0.3, 0.4) is 0 Å². The summed E-state index contributed by atoms with van der Waals surface area (Å²) >= 11 is 0. The molecule has 70 heavy (non-hydrogen) atoms. The Bertz CT molecular complexity index is 2810. The zero-order valence-electron chi connectivity index (χ0n) is 39.4. The minimum atomic E-state index is -2.12. The molecule has 5 aromatic carbocycles. The van der Waals surface area contributed by atoms with Gasteiger partial charge < -0.3 is 50.5 Å². The third kappa shape index (κ3) is 12.2. The van der Waals surface area contributed by atoms with Gasteiger partial charge in [-0.05, 0) is 112 Å². The number of phenols is 1. The number of piperidine rings is 1. The number of aliphatic hydroxyl groups is 2. The van der Waals surface area contributed by atoms with Crippen LogP contribution in [0.25, 0.3) is 10.9 Å². The van der Waals surface area contributed by atoms with Crippen molar-refractivity contribution in [1.29, 1.82) is 0 Å². The summed E-state index contributed by atoms with van der Waals surface area (Å²) in [6.45, 7) is 6.82. The first kappa shape index (κ1) is 49.4. The van der Waals surface area contributed by atoms with E-state index in [-0.39, 0.29) is 78.1 Å². The second-order valence-electron chi connectivity index (χ2n) is 18.5. The second kappa shape index (κ2) is 22.6. The number of aromatic amines is 1. The Labute approximate surface area is 406 Å². The number of likely N-dealkylation sites (tertiary alicyclic amines) is 1.